The quantitative estimate of drug-likeness (QED) is 0.658. The van der Waals surface area contributed by atoms with Crippen molar-refractivity contribution < 1.29 is 14.3 Å². The van der Waals surface area contributed by atoms with Gasteiger partial charge in [-0.2, -0.15) is 0 Å². The number of ether oxygens (including phenoxy) is 2. The van der Waals surface area contributed by atoms with Crippen LogP contribution < -0.4 is 14.8 Å². The largest absolute Gasteiger partial charge is 0.497 e. The number of nitrogens with zero attached hydrogens (tertiary/aromatic N) is 1. The zero-order chi connectivity index (χ0) is 18.0. The van der Waals surface area contributed by atoms with Crippen molar-refractivity contribution in [3.8, 4) is 11.6 Å². The summed E-state index contributed by atoms with van der Waals surface area (Å²) in [6.07, 6.45) is -0.674. The number of carbonyl (C=O) groups is 1. The number of hydrogen-bond donors (Lipinski definition) is 1. The number of aryl methyl sites for hydroxylation is 1. The summed E-state index contributed by atoms with van der Waals surface area (Å²) in [5.74, 6) is 0.868. The fourth-order valence-corrected chi connectivity index (χ4v) is 2.64. The highest BCUT2D eigenvalue weighted by atomic mass is 35.5. The molecule has 0 aliphatic carbocycles. The Kier molecular flexibility index (Phi) is 4.97. The molecule has 3 rings (SSSR count). The molecule has 1 aromatic heterocycles. The van der Waals surface area contributed by atoms with Gasteiger partial charge in [0.05, 0.1) is 22.7 Å². The van der Waals surface area contributed by atoms with E-state index >= 15 is 0 Å². The first-order valence-electron chi connectivity index (χ1n) is 7.35. The third-order valence-electron chi connectivity index (χ3n) is 3.56. The number of nitrogens with one attached hydrogen (secondary N) is 1. The molecule has 1 heterocycles. The van der Waals surface area contributed by atoms with Crippen LogP contribution in [0, 0.1) is 6.92 Å². The van der Waals surface area contributed by atoms with E-state index in [0.29, 0.717) is 27.0 Å². The third kappa shape index (κ3) is 3.95. The number of aromatic nitrogens is 1. The molecule has 1 N–H and O–H groups in total. The van der Waals surface area contributed by atoms with Gasteiger partial charge in [0, 0.05) is 23.2 Å². The summed E-state index contributed by atoms with van der Waals surface area (Å²) in [5, 5.41) is 4.28. The van der Waals surface area contributed by atoms with Crippen molar-refractivity contribution in [2.24, 2.45) is 0 Å². The summed E-state index contributed by atoms with van der Waals surface area (Å²) >= 11 is 11.8. The van der Waals surface area contributed by atoms with Crippen molar-refractivity contribution in [1.29, 1.82) is 0 Å². The molecule has 0 radical (unpaired) electrons. The van der Waals surface area contributed by atoms with E-state index in [1.165, 1.54) is 6.07 Å². The second-order valence-electron chi connectivity index (χ2n) is 5.30. The summed E-state index contributed by atoms with van der Waals surface area (Å²) in [6, 6.07) is 12.0. The third-order valence-corrected chi connectivity index (χ3v) is 4.30. The second-order valence-corrected chi connectivity index (χ2v) is 6.12. The zero-order valence-corrected chi connectivity index (χ0v) is 15.0. The number of benzene rings is 2. The Hall–Kier alpha value is -2.50. The number of amides is 1. The maximum absolute atomic E-state index is 12.1. The van der Waals surface area contributed by atoms with Crippen molar-refractivity contribution in [3.63, 3.8) is 0 Å². The standard InChI is InChI=1S/C18H14Cl2N2O3/c1-10-7-17(22-16-9-12(24-2)4-5-13(10)16)25-18(23)21-11-3-6-14(19)15(20)8-11/h3-9H,1-2H3,(H,21,23). The molecule has 1 amide bonds. The molecule has 3 aromatic rings. The number of anilines is 1. The van der Waals surface area contributed by atoms with Crippen LogP contribution in [0.15, 0.2) is 42.5 Å². The van der Waals surface area contributed by atoms with Gasteiger partial charge in [0.2, 0.25) is 5.88 Å². The van der Waals surface area contributed by atoms with Crippen LogP contribution in [0.5, 0.6) is 11.6 Å². The van der Waals surface area contributed by atoms with Gasteiger partial charge in [0.15, 0.2) is 0 Å². The summed E-state index contributed by atoms with van der Waals surface area (Å²) < 4.78 is 10.5. The van der Waals surface area contributed by atoms with Crippen LogP contribution in [0.2, 0.25) is 10.0 Å². The average Bonchev–Trinajstić information content (AvgIpc) is 2.57. The van der Waals surface area contributed by atoms with Crippen molar-refractivity contribution in [3.05, 3.63) is 58.1 Å². The normalized spacial score (nSPS) is 10.6. The van der Waals surface area contributed by atoms with Crippen LogP contribution in [-0.4, -0.2) is 18.2 Å². The van der Waals surface area contributed by atoms with E-state index in [4.69, 9.17) is 32.7 Å². The lowest BCUT2D eigenvalue weighted by atomic mass is 10.1. The second kappa shape index (κ2) is 7.17. The molecule has 128 valence electrons. The molecule has 0 saturated carbocycles. The first-order chi connectivity index (χ1) is 12.0. The van der Waals surface area contributed by atoms with E-state index in [1.54, 1.807) is 31.4 Å². The predicted molar refractivity (Wildman–Crippen MR) is 99.1 cm³/mol. The fourth-order valence-electron chi connectivity index (χ4n) is 2.34. The molecule has 0 unspecified atom stereocenters. The molecule has 0 bridgehead atoms. The minimum Gasteiger partial charge on any atom is -0.497 e. The van der Waals surface area contributed by atoms with E-state index in [0.717, 1.165) is 10.9 Å². The number of hydrogen-bond acceptors (Lipinski definition) is 4. The van der Waals surface area contributed by atoms with Crippen LogP contribution in [-0.2, 0) is 0 Å². The molecular formula is C18H14Cl2N2O3. The van der Waals surface area contributed by atoms with E-state index in [-0.39, 0.29) is 5.88 Å². The summed E-state index contributed by atoms with van der Waals surface area (Å²) in [6.45, 7) is 1.92. The molecular weight excluding hydrogens is 363 g/mol. The Morgan fingerprint density at radius 2 is 1.88 bits per heavy atom. The molecule has 0 aliphatic heterocycles. The fraction of sp³-hybridized carbons (Fsp3) is 0.111. The van der Waals surface area contributed by atoms with E-state index in [1.807, 2.05) is 19.1 Å². The highest BCUT2D eigenvalue weighted by Gasteiger charge is 2.10. The SMILES string of the molecule is COc1ccc2c(C)cc(OC(=O)Nc3ccc(Cl)c(Cl)c3)nc2c1. The molecule has 7 heteroatoms. The van der Waals surface area contributed by atoms with Gasteiger partial charge in [-0.3, -0.25) is 5.32 Å². The van der Waals surface area contributed by atoms with Crippen molar-refractivity contribution in [1.82, 2.24) is 4.98 Å². The summed E-state index contributed by atoms with van der Waals surface area (Å²) in [5.41, 5.74) is 2.08. The van der Waals surface area contributed by atoms with Crippen molar-refractivity contribution in [2.75, 3.05) is 12.4 Å². The van der Waals surface area contributed by atoms with Crippen LogP contribution >= 0.6 is 23.2 Å². The number of carbonyl (C=O) groups excluding carboxylic acids is 1. The number of fused-ring (bicyclic) bond motifs is 1. The topological polar surface area (TPSA) is 60.5 Å². The molecule has 0 saturated heterocycles. The lowest BCUT2D eigenvalue weighted by molar-refractivity contribution is 0.213. The van der Waals surface area contributed by atoms with Gasteiger partial charge in [-0.1, -0.05) is 23.2 Å². The summed E-state index contributed by atoms with van der Waals surface area (Å²) in [4.78, 5) is 16.4. The Morgan fingerprint density at radius 1 is 1.08 bits per heavy atom. The van der Waals surface area contributed by atoms with Gasteiger partial charge in [-0.25, -0.2) is 9.78 Å². The first kappa shape index (κ1) is 17.3. The molecule has 0 atom stereocenters. The number of rotatable bonds is 3. The molecule has 0 fully saturated rings. The molecule has 2 aromatic carbocycles. The molecule has 5 nitrogen and oxygen atoms in total. The van der Waals surface area contributed by atoms with Crippen molar-refractivity contribution in [2.45, 2.75) is 6.92 Å². The highest BCUT2D eigenvalue weighted by Crippen LogP contribution is 2.27. The Balaban J connectivity index is 1.81. The predicted octanol–water partition coefficient (Wildman–Crippen LogP) is 5.47. The smallest absolute Gasteiger partial charge is 0.418 e. The van der Waals surface area contributed by atoms with Gasteiger partial charge < -0.3 is 9.47 Å². The Labute approximate surface area is 154 Å². The molecule has 0 spiro atoms. The van der Waals surface area contributed by atoms with Crippen LogP contribution in [0.4, 0.5) is 10.5 Å². The molecule has 25 heavy (non-hydrogen) atoms. The van der Waals surface area contributed by atoms with E-state index in [2.05, 4.69) is 10.3 Å². The van der Waals surface area contributed by atoms with Gasteiger partial charge in [-0.15, -0.1) is 0 Å². The highest BCUT2D eigenvalue weighted by molar-refractivity contribution is 6.42. The lowest BCUT2D eigenvalue weighted by Crippen LogP contribution is -2.17. The zero-order valence-electron chi connectivity index (χ0n) is 13.5. The lowest BCUT2D eigenvalue weighted by Gasteiger charge is -2.09. The monoisotopic (exact) mass is 376 g/mol. The number of halogens is 2. The minimum atomic E-state index is -0.674. The van der Waals surface area contributed by atoms with Crippen LogP contribution in [0.25, 0.3) is 10.9 Å². The Morgan fingerprint density at radius 3 is 2.60 bits per heavy atom. The van der Waals surface area contributed by atoms with Crippen molar-refractivity contribution >= 4 is 45.9 Å². The maximum atomic E-state index is 12.1. The van der Waals surface area contributed by atoms with Gasteiger partial charge in [-0.05, 0) is 42.8 Å². The summed E-state index contributed by atoms with van der Waals surface area (Å²) in [7, 11) is 1.58. The van der Waals surface area contributed by atoms with E-state index < -0.39 is 6.09 Å². The first-order valence-corrected chi connectivity index (χ1v) is 8.11. The van der Waals surface area contributed by atoms with Gasteiger partial charge in [0.25, 0.3) is 0 Å². The minimum absolute atomic E-state index is 0.191. The maximum Gasteiger partial charge on any atom is 0.418 e. The van der Waals surface area contributed by atoms with Gasteiger partial charge >= 0.3 is 6.09 Å². The molecule has 0 aliphatic rings. The van der Waals surface area contributed by atoms with Crippen LogP contribution in [0.3, 0.4) is 0 Å². The van der Waals surface area contributed by atoms with Gasteiger partial charge in [0.1, 0.15) is 5.75 Å². The number of methoxy groups -OCH3 is 1. The van der Waals surface area contributed by atoms with E-state index in [9.17, 15) is 4.79 Å². The average molecular weight is 377 g/mol. The van der Waals surface area contributed by atoms with Crippen LogP contribution in [0.1, 0.15) is 5.56 Å². The number of pyridine rings is 1. The Bertz CT molecular complexity index is 960.